The molecule has 0 aromatic carbocycles. The summed E-state index contributed by atoms with van der Waals surface area (Å²) in [6, 6.07) is 3.74. The Hall–Kier alpha value is -2.15. The van der Waals surface area contributed by atoms with E-state index < -0.39 is 0 Å². The molecule has 2 rings (SSSR count). The van der Waals surface area contributed by atoms with Gasteiger partial charge in [0.15, 0.2) is 5.65 Å². The minimum atomic E-state index is 0.689. The Morgan fingerprint density at radius 1 is 1.54 bits per heavy atom. The summed E-state index contributed by atoms with van der Waals surface area (Å²) in [5.41, 5.74) is 2.25. The van der Waals surface area contributed by atoms with E-state index in [1.54, 1.807) is 18.5 Å². The van der Waals surface area contributed by atoms with Gasteiger partial charge in [-0.2, -0.15) is 5.26 Å². The van der Waals surface area contributed by atoms with E-state index in [0.29, 0.717) is 5.69 Å². The summed E-state index contributed by atoms with van der Waals surface area (Å²) in [5.74, 6) is 0. The highest BCUT2D eigenvalue weighted by Gasteiger charge is 1.96. The van der Waals surface area contributed by atoms with Gasteiger partial charge in [0, 0.05) is 12.3 Å². The average Bonchev–Trinajstić information content (AvgIpc) is 2.61. The minimum absolute atomic E-state index is 0.689. The number of nitriles is 1. The molecule has 0 saturated carbocycles. The van der Waals surface area contributed by atoms with Crippen LogP contribution in [0.4, 0.5) is 0 Å². The molecule has 0 fully saturated rings. The van der Waals surface area contributed by atoms with Crippen LogP contribution in [0.25, 0.3) is 17.2 Å². The molecule has 4 heteroatoms. The molecule has 62 valence electrons. The van der Waals surface area contributed by atoms with E-state index in [1.807, 2.05) is 12.1 Å². The molecule has 4 nitrogen and oxygen atoms in total. The van der Waals surface area contributed by atoms with E-state index in [0.717, 1.165) is 11.2 Å². The van der Waals surface area contributed by atoms with E-state index in [-0.39, 0.29) is 0 Å². The molecule has 2 heterocycles. The number of hydrogen-bond donors (Lipinski definition) is 1. The second-order valence-electron chi connectivity index (χ2n) is 2.47. The van der Waals surface area contributed by atoms with Crippen LogP contribution in [0.2, 0.25) is 0 Å². The molecule has 0 radical (unpaired) electrons. The predicted octanol–water partition coefficient (Wildman–Crippen LogP) is 1.49. The van der Waals surface area contributed by atoms with Crippen LogP contribution in [-0.2, 0) is 0 Å². The van der Waals surface area contributed by atoms with Crippen LogP contribution >= 0.6 is 0 Å². The van der Waals surface area contributed by atoms with Gasteiger partial charge in [0.05, 0.1) is 18.0 Å². The molecular formula is C9H6N4. The molecule has 0 spiro atoms. The van der Waals surface area contributed by atoms with Crippen molar-refractivity contribution < 1.29 is 0 Å². The van der Waals surface area contributed by atoms with Crippen molar-refractivity contribution in [1.82, 2.24) is 15.0 Å². The van der Waals surface area contributed by atoms with Crippen molar-refractivity contribution in [3.05, 3.63) is 30.2 Å². The van der Waals surface area contributed by atoms with Gasteiger partial charge in [-0.25, -0.2) is 9.97 Å². The Balaban J connectivity index is 2.49. The average molecular weight is 170 g/mol. The second kappa shape index (κ2) is 3.07. The number of fused-ring (bicyclic) bond motifs is 1. The van der Waals surface area contributed by atoms with Crippen LogP contribution in [0, 0.1) is 11.3 Å². The van der Waals surface area contributed by atoms with Gasteiger partial charge >= 0.3 is 0 Å². The molecule has 0 atom stereocenters. The molecular weight excluding hydrogens is 164 g/mol. The zero-order valence-corrected chi connectivity index (χ0v) is 6.73. The van der Waals surface area contributed by atoms with Gasteiger partial charge in [-0.15, -0.1) is 0 Å². The smallest absolute Gasteiger partial charge is 0.156 e. The maximum absolute atomic E-state index is 8.31. The predicted molar refractivity (Wildman–Crippen MR) is 48.5 cm³/mol. The van der Waals surface area contributed by atoms with Crippen LogP contribution in [0.5, 0.6) is 0 Å². The number of aromatic amines is 1. The van der Waals surface area contributed by atoms with Gasteiger partial charge in [0.1, 0.15) is 5.52 Å². The third-order valence-electron chi connectivity index (χ3n) is 1.61. The Bertz CT molecular complexity index is 490. The van der Waals surface area contributed by atoms with Crippen molar-refractivity contribution in [2.24, 2.45) is 0 Å². The fraction of sp³-hybridized carbons (Fsp3) is 0. The monoisotopic (exact) mass is 170 g/mol. The first kappa shape index (κ1) is 7.50. The lowest BCUT2D eigenvalue weighted by Crippen LogP contribution is -1.84. The molecule has 0 amide bonds. The normalized spacial score (nSPS) is 10.7. The lowest BCUT2D eigenvalue weighted by atomic mass is 10.4. The van der Waals surface area contributed by atoms with Crippen molar-refractivity contribution in [3.63, 3.8) is 0 Å². The van der Waals surface area contributed by atoms with Crippen LogP contribution in [0.1, 0.15) is 5.69 Å². The summed E-state index contributed by atoms with van der Waals surface area (Å²) < 4.78 is 0. The number of aromatic nitrogens is 3. The molecule has 1 N–H and O–H groups in total. The number of allylic oxidation sites excluding steroid dienone is 1. The molecule has 0 bridgehead atoms. The van der Waals surface area contributed by atoms with E-state index in [4.69, 9.17) is 5.26 Å². The van der Waals surface area contributed by atoms with E-state index >= 15 is 0 Å². The first-order valence-corrected chi connectivity index (χ1v) is 3.76. The molecule has 2 aromatic rings. The van der Waals surface area contributed by atoms with E-state index in [9.17, 15) is 0 Å². The van der Waals surface area contributed by atoms with Gasteiger partial charge in [-0.1, -0.05) is 0 Å². The lowest BCUT2D eigenvalue weighted by Gasteiger charge is -1.90. The minimum Gasteiger partial charge on any atom is -0.345 e. The zero-order valence-electron chi connectivity index (χ0n) is 6.73. The Morgan fingerprint density at radius 2 is 2.46 bits per heavy atom. The van der Waals surface area contributed by atoms with Crippen molar-refractivity contribution in [1.29, 1.82) is 5.26 Å². The second-order valence-corrected chi connectivity index (χ2v) is 2.47. The van der Waals surface area contributed by atoms with Crippen molar-refractivity contribution in [2.45, 2.75) is 0 Å². The third kappa shape index (κ3) is 1.40. The molecule has 0 unspecified atom stereocenters. The number of hydrogen-bond acceptors (Lipinski definition) is 3. The largest absolute Gasteiger partial charge is 0.345 e. The standard InChI is InChI=1S/C9H6N4/c10-4-1-2-7-6-12-9-8(13-7)3-5-11-9/h1-3,5-6H,(H,11,12). The maximum atomic E-state index is 8.31. The number of H-pyrrole nitrogens is 1. The van der Waals surface area contributed by atoms with E-state index in [1.165, 1.54) is 6.08 Å². The summed E-state index contributed by atoms with van der Waals surface area (Å²) >= 11 is 0. The molecule has 0 aliphatic heterocycles. The highest BCUT2D eigenvalue weighted by atomic mass is 14.9. The van der Waals surface area contributed by atoms with Crippen molar-refractivity contribution >= 4 is 17.2 Å². The summed E-state index contributed by atoms with van der Waals surface area (Å²) in [4.78, 5) is 11.3. The number of rotatable bonds is 1. The Kier molecular flexibility index (Phi) is 1.77. The highest BCUT2D eigenvalue weighted by Crippen LogP contribution is 2.07. The van der Waals surface area contributed by atoms with Gasteiger partial charge in [-0.05, 0) is 12.1 Å². The molecule has 0 saturated heterocycles. The van der Waals surface area contributed by atoms with Crippen LogP contribution < -0.4 is 0 Å². The first-order valence-electron chi connectivity index (χ1n) is 3.76. The zero-order chi connectivity index (χ0) is 9.10. The highest BCUT2D eigenvalue weighted by molar-refractivity contribution is 5.71. The fourth-order valence-electron chi connectivity index (χ4n) is 1.05. The van der Waals surface area contributed by atoms with E-state index in [2.05, 4.69) is 15.0 Å². The molecule has 0 aliphatic carbocycles. The van der Waals surface area contributed by atoms with Gasteiger partial charge in [0.25, 0.3) is 0 Å². The van der Waals surface area contributed by atoms with Crippen LogP contribution in [0.3, 0.4) is 0 Å². The quantitative estimate of drug-likeness (QED) is 0.659. The third-order valence-corrected chi connectivity index (χ3v) is 1.61. The van der Waals surface area contributed by atoms with Crippen LogP contribution in [0.15, 0.2) is 24.5 Å². The van der Waals surface area contributed by atoms with Crippen LogP contribution in [-0.4, -0.2) is 15.0 Å². The fourth-order valence-corrected chi connectivity index (χ4v) is 1.05. The summed E-state index contributed by atoms with van der Waals surface area (Å²) in [6.45, 7) is 0. The van der Waals surface area contributed by atoms with Crippen molar-refractivity contribution in [2.75, 3.05) is 0 Å². The maximum Gasteiger partial charge on any atom is 0.156 e. The summed E-state index contributed by atoms with van der Waals surface area (Å²) in [5, 5.41) is 8.31. The van der Waals surface area contributed by atoms with Crippen molar-refractivity contribution in [3.8, 4) is 6.07 Å². The Labute approximate surface area is 74.6 Å². The van der Waals surface area contributed by atoms with Gasteiger partial charge in [-0.3, -0.25) is 0 Å². The summed E-state index contributed by atoms with van der Waals surface area (Å²) in [6.07, 6.45) is 6.40. The number of nitrogens with one attached hydrogen (secondary N) is 1. The summed E-state index contributed by atoms with van der Waals surface area (Å²) in [7, 11) is 0. The Morgan fingerprint density at radius 3 is 3.31 bits per heavy atom. The van der Waals surface area contributed by atoms with Gasteiger partial charge < -0.3 is 4.98 Å². The SMILES string of the molecule is N#CC=Cc1cnc2[nH]ccc2n1. The topological polar surface area (TPSA) is 65.4 Å². The molecule has 2 aromatic heterocycles. The lowest BCUT2D eigenvalue weighted by molar-refractivity contribution is 1.24. The molecule has 0 aliphatic rings. The van der Waals surface area contributed by atoms with Gasteiger partial charge in [0.2, 0.25) is 0 Å². The first-order chi connectivity index (χ1) is 6.40. The number of nitrogens with zero attached hydrogens (tertiary/aromatic N) is 3. The molecule has 13 heavy (non-hydrogen) atoms.